The molecule has 0 fully saturated rings. The molecular weight excluding hydrogens is 472 g/mol. The van der Waals surface area contributed by atoms with E-state index < -0.39 is 36.0 Å². The molecule has 2 N–H and O–H groups in total. The Morgan fingerprint density at radius 3 is 1.75 bits per heavy atom. The van der Waals surface area contributed by atoms with Crippen LogP contribution in [0.3, 0.4) is 0 Å². The molecule has 0 saturated heterocycles. The number of carboxylic acids is 1. The summed E-state index contributed by atoms with van der Waals surface area (Å²) in [4.78, 5) is 54.5. The van der Waals surface area contributed by atoms with Gasteiger partial charge in [-0.1, -0.05) is 12.1 Å². The Kier molecular flexibility index (Phi) is 8.54. The zero-order chi connectivity index (χ0) is 26.1. The number of methoxy groups -OCH3 is 2. The number of nitrogens with one attached hydrogen (secondary N) is 1. The van der Waals surface area contributed by atoms with E-state index in [2.05, 4.69) is 10.3 Å². The first kappa shape index (κ1) is 25.7. The molecule has 0 aliphatic heterocycles. The molecule has 0 bridgehead atoms. The summed E-state index contributed by atoms with van der Waals surface area (Å²) in [5.41, 5.74) is 0.202. The van der Waals surface area contributed by atoms with Crippen molar-refractivity contribution in [2.45, 2.75) is 12.2 Å². The van der Waals surface area contributed by atoms with Crippen molar-refractivity contribution < 1.29 is 43.2 Å². The van der Waals surface area contributed by atoms with Crippen LogP contribution in [0.5, 0.6) is 11.5 Å². The van der Waals surface area contributed by atoms with E-state index in [9.17, 15) is 24.3 Å². The zero-order valence-electron chi connectivity index (χ0n) is 19.2. The number of nitrogens with zero attached hydrogens (tertiary/aromatic N) is 1. The third kappa shape index (κ3) is 6.56. The Bertz CT molecular complexity index is 1250. The molecule has 1 heterocycles. The van der Waals surface area contributed by atoms with Crippen molar-refractivity contribution in [1.29, 1.82) is 0 Å². The Balaban J connectivity index is 1.91. The number of amides is 1. The largest absolute Gasteiger partial charge is 0.497 e. The molecule has 0 aliphatic rings. The number of carbonyl (C=O) groups is 4. The number of hydrogen-bond acceptors (Lipinski definition) is 9. The van der Waals surface area contributed by atoms with Crippen LogP contribution in [0.2, 0.25) is 0 Å². The van der Waals surface area contributed by atoms with Crippen molar-refractivity contribution in [2.75, 3.05) is 19.5 Å². The maximum absolute atomic E-state index is 13.1. The van der Waals surface area contributed by atoms with Gasteiger partial charge >= 0.3 is 17.9 Å². The number of pyridine rings is 1. The van der Waals surface area contributed by atoms with Crippen molar-refractivity contribution in [3.63, 3.8) is 0 Å². The van der Waals surface area contributed by atoms with Gasteiger partial charge in [0.05, 0.1) is 25.3 Å². The van der Waals surface area contributed by atoms with Gasteiger partial charge in [0, 0.05) is 18.1 Å². The molecule has 0 unspecified atom stereocenters. The summed E-state index contributed by atoms with van der Waals surface area (Å²) < 4.78 is 20.5. The number of rotatable bonds is 10. The quantitative estimate of drug-likeness (QED) is 0.403. The van der Waals surface area contributed by atoms with E-state index in [1.54, 1.807) is 12.1 Å². The number of benzene rings is 2. The summed E-state index contributed by atoms with van der Waals surface area (Å²) in [5, 5.41) is 12.3. The predicted octanol–water partition coefficient (Wildman–Crippen LogP) is 2.57. The highest BCUT2D eigenvalue weighted by Crippen LogP contribution is 2.19. The molecule has 186 valence electrons. The van der Waals surface area contributed by atoms with Gasteiger partial charge < -0.3 is 29.4 Å². The van der Waals surface area contributed by atoms with Crippen molar-refractivity contribution in [2.24, 2.45) is 0 Å². The summed E-state index contributed by atoms with van der Waals surface area (Å²) >= 11 is 0. The fraction of sp³-hybridized carbons (Fsp3) is 0.160. The summed E-state index contributed by atoms with van der Waals surface area (Å²) in [6.07, 6.45) is -1.45. The molecule has 3 aromatic rings. The Labute approximate surface area is 205 Å². The average molecular weight is 494 g/mol. The van der Waals surface area contributed by atoms with Crippen molar-refractivity contribution in [3.05, 3.63) is 84.2 Å². The highest BCUT2D eigenvalue weighted by atomic mass is 16.6. The normalized spacial score (nSPS) is 11.9. The fourth-order valence-electron chi connectivity index (χ4n) is 3.01. The van der Waals surface area contributed by atoms with Crippen LogP contribution >= 0.6 is 0 Å². The lowest BCUT2D eigenvalue weighted by molar-refractivity contribution is -0.157. The summed E-state index contributed by atoms with van der Waals surface area (Å²) in [6.45, 7) is 0. The van der Waals surface area contributed by atoms with Gasteiger partial charge in [-0.05, 0) is 48.5 Å². The first-order valence-electron chi connectivity index (χ1n) is 10.5. The van der Waals surface area contributed by atoms with Crippen LogP contribution in [0.1, 0.15) is 20.7 Å². The monoisotopic (exact) mass is 494 g/mol. The highest BCUT2D eigenvalue weighted by molar-refractivity contribution is 6.01. The molecule has 2 aromatic carbocycles. The van der Waals surface area contributed by atoms with Gasteiger partial charge in [0.1, 0.15) is 11.5 Å². The smallest absolute Gasteiger partial charge is 0.349 e. The van der Waals surface area contributed by atoms with Gasteiger partial charge in [-0.15, -0.1) is 0 Å². The molecule has 1 aromatic heterocycles. The molecule has 36 heavy (non-hydrogen) atoms. The lowest BCUT2D eigenvalue weighted by Gasteiger charge is -2.23. The third-order valence-corrected chi connectivity index (χ3v) is 4.80. The molecule has 0 radical (unpaired) electrons. The SMILES string of the molecule is COc1cccc(C(=O)O[C@@H](C(=O)O)[C@@H](OC(=O)c2cccc(OC)c2)C(=O)Nc2ccncc2)c1. The first-order valence-corrected chi connectivity index (χ1v) is 10.5. The van der Waals surface area contributed by atoms with Gasteiger partial charge in [0.2, 0.25) is 12.2 Å². The second kappa shape index (κ2) is 12.0. The van der Waals surface area contributed by atoms with E-state index in [4.69, 9.17) is 18.9 Å². The zero-order valence-corrected chi connectivity index (χ0v) is 19.2. The van der Waals surface area contributed by atoms with Crippen LogP contribution in [0.25, 0.3) is 0 Å². The second-order valence-corrected chi connectivity index (χ2v) is 7.18. The number of carbonyl (C=O) groups excluding carboxylic acids is 3. The van der Waals surface area contributed by atoms with Gasteiger partial charge in [-0.3, -0.25) is 9.78 Å². The minimum atomic E-state index is -2.18. The molecule has 2 atom stereocenters. The number of anilines is 1. The summed E-state index contributed by atoms with van der Waals surface area (Å²) in [7, 11) is 2.79. The maximum Gasteiger partial charge on any atom is 0.349 e. The summed E-state index contributed by atoms with van der Waals surface area (Å²) in [6, 6.07) is 14.5. The van der Waals surface area contributed by atoms with Gasteiger partial charge in [-0.25, -0.2) is 14.4 Å². The van der Waals surface area contributed by atoms with E-state index in [-0.39, 0.29) is 16.8 Å². The Morgan fingerprint density at radius 1 is 0.778 bits per heavy atom. The minimum absolute atomic E-state index is 0.0145. The van der Waals surface area contributed by atoms with Crippen molar-refractivity contribution in [3.8, 4) is 11.5 Å². The van der Waals surface area contributed by atoms with Gasteiger partial charge in [-0.2, -0.15) is 0 Å². The molecule has 0 aliphatic carbocycles. The van der Waals surface area contributed by atoms with E-state index in [0.717, 1.165) is 0 Å². The maximum atomic E-state index is 13.1. The average Bonchev–Trinajstić information content (AvgIpc) is 2.90. The highest BCUT2D eigenvalue weighted by Gasteiger charge is 2.41. The van der Waals surface area contributed by atoms with Gasteiger partial charge in [0.15, 0.2) is 0 Å². The number of carboxylic acid groups (broad SMARTS) is 1. The number of aromatic nitrogens is 1. The standard InChI is InChI=1S/C25H22N2O9/c1-33-18-7-3-5-15(13-18)24(31)35-20(22(28)27-17-9-11-26-12-10-17)21(23(29)30)36-25(32)16-6-4-8-19(14-16)34-2/h3-14,20-21H,1-2H3,(H,29,30)(H,26,27,28)/t20-,21-/m1/s1. The minimum Gasteiger partial charge on any atom is -0.497 e. The van der Waals surface area contributed by atoms with Crippen LogP contribution in [-0.2, 0) is 19.1 Å². The van der Waals surface area contributed by atoms with Crippen molar-refractivity contribution in [1.82, 2.24) is 4.98 Å². The first-order chi connectivity index (χ1) is 17.3. The Morgan fingerprint density at radius 2 is 1.28 bits per heavy atom. The number of esters is 2. The van der Waals surface area contributed by atoms with Crippen LogP contribution in [0.15, 0.2) is 73.1 Å². The summed E-state index contributed by atoms with van der Waals surface area (Å²) in [5.74, 6) is -4.19. The van der Waals surface area contributed by atoms with Gasteiger partial charge in [0.25, 0.3) is 5.91 Å². The lowest BCUT2D eigenvalue weighted by atomic mass is 10.1. The Hall–Kier alpha value is -4.93. The van der Waals surface area contributed by atoms with Crippen LogP contribution in [-0.4, -0.2) is 60.3 Å². The van der Waals surface area contributed by atoms with E-state index >= 15 is 0 Å². The fourth-order valence-corrected chi connectivity index (χ4v) is 3.01. The number of ether oxygens (including phenoxy) is 4. The van der Waals surface area contributed by atoms with E-state index in [1.165, 1.54) is 75.1 Å². The molecule has 11 heteroatoms. The van der Waals surface area contributed by atoms with Crippen LogP contribution < -0.4 is 14.8 Å². The topological polar surface area (TPSA) is 150 Å². The molecule has 3 rings (SSSR count). The molecule has 1 amide bonds. The third-order valence-electron chi connectivity index (χ3n) is 4.80. The molecule has 0 spiro atoms. The second-order valence-electron chi connectivity index (χ2n) is 7.18. The van der Waals surface area contributed by atoms with Crippen LogP contribution in [0, 0.1) is 0 Å². The predicted molar refractivity (Wildman–Crippen MR) is 125 cm³/mol. The molecular formula is C25H22N2O9. The van der Waals surface area contributed by atoms with Crippen LogP contribution in [0.4, 0.5) is 5.69 Å². The number of aliphatic carboxylic acids is 1. The van der Waals surface area contributed by atoms with E-state index in [0.29, 0.717) is 11.5 Å². The molecule has 0 saturated carbocycles. The lowest BCUT2D eigenvalue weighted by Crippen LogP contribution is -2.48. The number of hydrogen-bond donors (Lipinski definition) is 2. The van der Waals surface area contributed by atoms with Crippen molar-refractivity contribution >= 4 is 29.5 Å². The molecule has 11 nitrogen and oxygen atoms in total. The van der Waals surface area contributed by atoms with E-state index in [1.807, 2.05) is 0 Å².